The number of carbonyl (C=O) groups is 7. The molecule has 0 spiro atoms. The Morgan fingerprint density at radius 2 is 1.22 bits per heavy atom. The van der Waals surface area contributed by atoms with Gasteiger partial charge in [0, 0.05) is 26.7 Å². The van der Waals surface area contributed by atoms with Gasteiger partial charge < -0.3 is 50.0 Å². The van der Waals surface area contributed by atoms with Crippen molar-refractivity contribution in [3.8, 4) is 0 Å². The molecule has 0 saturated carbocycles. The lowest BCUT2D eigenvalue weighted by atomic mass is 9.98. The van der Waals surface area contributed by atoms with E-state index in [0.29, 0.717) is 37.4 Å². The van der Waals surface area contributed by atoms with E-state index >= 15 is 0 Å². The fourth-order valence-corrected chi connectivity index (χ4v) is 7.58. The summed E-state index contributed by atoms with van der Waals surface area (Å²) in [5.41, 5.74) is 5.55. The van der Waals surface area contributed by atoms with Crippen LogP contribution in [0.4, 0.5) is 18.8 Å². The van der Waals surface area contributed by atoms with Gasteiger partial charge in [-0.05, 0) is 52.6 Å². The van der Waals surface area contributed by atoms with Crippen LogP contribution in [0.5, 0.6) is 0 Å². The maximum absolute atomic E-state index is 14.5. The number of esters is 1. The number of amides is 7. The number of hydrogen-bond acceptors (Lipinski definition) is 12. The van der Waals surface area contributed by atoms with Crippen LogP contribution >= 0.6 is 0 Å². The molecule has 0 unspecified atom stereocenters. The lowest BCUT2D eigenvalue weighted by molar-refractivity contribution is -0.154. The fourth-order valence-electron chi connectivity index (χ4n) is 7.58. The molecule has 1 fully saturated rings. The Bertz CT molecular complexity index is 2400. The van der Waals surface area contributed by atoms with Gasteiger partial charge in [-0.25, -0.2) is 23.8 Å². The van der Waals surface area contributed by atoms with E-state index in [2.05, 4.69) is 26.7 Å². The second kappa shape index (κ2) is 29.1. The van der Waals surface area contributed by atoms with Crippen LogP contribution in [0.25, 0.3) is 0 Å². The molecule has 1 aliphatic rings. The molecule has 5 rings (SSSR count). The highest BCUT2D eigenvalue weighted by Gasteiger charge is 2.35. The number of morpholine rings is 1. The summed E-state index contributed by atoms with van der Waals surface area (Å²) in [6.07, 6.45) is -2.93. The molecule has 5 N–H and O–H groups in total. The first kappa shape index (κ1) is 56.3. The molecule has 0 aliphatic carbocycles. The summed E-state index contributed by atoms with van der Waals surface area (Å²) < 4.78 is 36.7. The van der Waals surface area contributed by atoms with Crippen LogP contribution in [0.1, 0.15) is 49.9 Å². The summed E-state index contributed by atoms with van der Waals surface area (Å²) in [5.74, 6) is -4.33. The standard InChI is InChI=1S/C53H67FN8O11/c1-36(2)47(58-52(68)71-34-40-17-11-7-12-18-40)49(65)56-43(29-38-15-9-6-10-16-38)44(73-46(64)33-60(5)53(69)72-35-41-19-13-8-14-20-41)32-62(31-39-21-23-42(54)24-22-39)59-50(66)48(37(3)4)57-45(63)30-55-51(67)61-25-27-70-28-26-61/h6-24,36-37,43-44,47-48H,25-35H2,1-5H3,(H,55,67)(H,56,65)(H,57,63)(H,58,68)(H,59,66)/t43-,44-,47-,48-/m0/s1. The third-order valence-corrected chi connectivity index (χ3v) is 11.6. The highest BCUT2D eigenvalue weighted by atomic mass is 19.1. The predicted octanol–water partition coefficient (Wildman–Crippen LogP) is 4.70. The minimum Gasteiger partial charge on any atom is -0.457 e. The summed E-state index contributed by atoms with van der Waals surface area (Å²) in [6.45, 7) is 6.80. The van der Waals surface area contributed by atoms with Crippen LogP contribution in [-0.2, 0) is 64.3 Å². The first-order chi connectivity index (χ1) is 35.0. The topological polar surface area (TPSA) is 226 Å². The second-order valence-corrected chi connectivity index (χ2v) is 18.2. The van der Waals surface area contributed by atoms with Crippen LogP contribution in [0, 0.1) is 17.7 Å². The summed E-state index contributed by atoms with van der Waals surface area (Å²) in [7, 11) is 1.36. The van der Waals surface area contributed by atoms with E-state index in [4.69, 9.17) is 18.9 Å². The zero-order chi connectivity index (χ0) is 52.7. The monoisotopic (exact) mass is 1010 g/mol. The minimum absolute atomic E-state index is 0.0511. The normalized spacial score (nSPS) is 14.0. The number of urea groups is 1. The van der Waals surface area contributed by atoms with Gasteiger partial charge in [0.1, 0.15) is 43.8 Å². The van der Waals surface area contributed by atoms with E-state index in [1.54, 1.807) is 88.4 Å². The highest BCUT2D eigenvalue weighted by Crippen LogP contribution is 2.17. The van der Waals surface area contributed by atoms with Crippen LogP contribution in [0.2, 0.25) is 0 Å². The van der Waals surface area contributed by atoms with Gasteiger partial charge in [0.15, 0.2) is 0 Å². The van der Waals surface area contributed by atoms with E-state index in [9.17, 15) is 38.0 Å². The third-order valence-electron chi connectivity index (χ3n) is 11.6. The summed E-state index contributed by atoms with van der Waals surface area (Å²) in [4.78, 5) is 97.8. The molecule has 1 aliphatic heterocycles. The zero-order valence-corrected chi connectivity index (χ0v) is 41.9. The molecule has 0 bridgehead atoms. The Balaban J connectivity index is 1.44. The van der Waals surface area contributed by atoms with Crippen molar-refractivity contribution in [2.45, 2.75) is 78.1 Å². The quantitative estimate of drug-likeness (QED) is 0.0366. The average molecular weight is 1010 g/mol. The summed E-state index contributed by atoms with van der Waals surface area (Å²) >= 11 is 0. The Kier molecular flexibility index (Phi) is 22.4. The summed E-state index contributed by atoms with van der Waals surface area (Å²) in [5, 5.41) is 12.4. The molecule has 0 radical (unpaired) electrons. The predicted molar refractivity (Wildman–Crippen MR) is 267 cm³/mol. The minimum atomic E-state index is -1.33. The number of rotatable bonds is 24. The van der Waals surface area contributed by atoms with Crippen molar-refractivity contribution in [3.05, 3.63) is 143 Å². The van der Waals surface area contributed by atoms with E-state index in [0.717, 1.165) is 16.0 Å². The Morgan fingerprint density at radius 3 is 1.79 bits per heavy atom. The first-order valence-corrected chi connectivity index (χ1v) is 24.2. The van der Waals surface area contributed by atoms with Gasteiger partial charge in [-0.15, -0.1) is 0 Å². The number of benzene rings is 4. The number of likely N-dealkylation sites (N-methyl/N-ethyl adjacent to an activating group) is 1. The van der Waals surface area contributed by atoms with Crippen molar-refractivity contribution in [3.63, 3.8) is 0 Å². The van der Waals surface area contributed by atoms with Gasteiger partial charge in [0.05, 0.1) is 32.3 Å². The second-order valence-electron chi connectivity index (χ2n) is 18.2. The molecule has 1 heterocycles. The van der Waals surface area contributed by atoms with Gasteiger partial charge in [-0.3, -0.25) is 24.6 Å². The van der Waals surface area contributed by atoms with Crippen molar-refractivity contribution in [2.24, 2.45) is 11.8 Å². The molecule has 4 atom stereocenters. The van der Waals surface area contributed by atoms with Crippen LogP contribution < -0.4 is 26.7 Å². The lowest BCUT2D eigenvalue weighted by Crippen LogP contribution is -2.60. The number of carbonyl (C=O) groups excluding carboxylic acids is 7. The van der Waals surface area contributed by atoms with Gasteiger partial charge in [0.2, 0.25) is 11.8 Å². The van der Waals surface area contributed by atoms with Crippen LogP contribution in [0.3, 0.4) is 0 Å². The smallest absolute Gasteiger partial charge is 0.410 e. The Labute approximate surface area is 425 Å². The number of nitrogens with one attached hydrogen (secondary N) is 5. The maximum atomic E-state index is 14.5. The van der Waals surface area contributed by atoms with Gasteiger partial charge >= 0.3 is 24.2 Å². The molecule has 4 aromatic rings. The maximum Gasteiger partial charge on any atom is 0.410 e. The Morgan fingerprint density at radius 1 is 0.671 bits per heavy atom. The van der Waals surface area contributed by atoms with Gasteiger partial charge in [-0.1, -0.05) is 131 Å². The van der Waals surface area contributed by atoms with E-state index < -0.39 is 96.9 Å². The lowest BCUT2D eigenvalue weighted by Gasteiger charge is -2.35. The van der Waals surface area contributed by atoms with Crippen LogP contribution in [-0.4, -0.2) is 134 Å². The largest absolute Gasteiger partial charge is 0.457 e. The van der Waals surface area contributed by atoms with Crippen molar-refractivity contribution in [1.29, 1.82) is 0 Å². The molecule has 7 amide bonds. The van der Waals surface area contributed by atoms with Crippen molar-refractivity contribution in [2.75, 3.05) is 53.0 Å². The molecule has 0 aromatic heterocycles. The van der Waals surface area contributed by atoms with E-state index in [1.165, 1.54) is 41.2 Å². The molecule has 392 valence electrons. The average Bonchev–Trinajstić information content (AvgIpc) is 3.38. The fraction of sp³-hybridized carbons (Fsp3) is 0.415. The summed E-state index contributed by atoms with van der Waals surface area (Å²) in [6, 6.07) is 28.6. The molecular formula is C53H67FN8O11. The number of ether oxygens (including phenoxy) is 4. The van der Waals surface area contributed by atoms with E-state index in [-0.39, 0.29) is 32.7 Å². The van der Waals surface area contributed by atoms with Gasteiger partial charge in [0.25, 0.3) is 5.91 Å². The SMILES string of the molecule is CC(C)[C@H](NC(=O)CNC(=O)N1CCOCC1)C(=O)NN(Cc1ccc(F)cc1)C[C@H](OC(=O)CN(C)C(=O)OCc1ccccc1)[C@H](Cc1ccccc1)NC(=O)[C@@H](NC(=O)OCc1ccccc1)C(C)C. The molecule has 19 nitrogen and oxygen atoms in total. The Hall–Kier alpha value is -7.58. The van der Waals surface area contributed by atoms with Gasteiger partial charge in [-0.2, -0.15) is 0 Å². The first-order valence-electron chi connectivity index (χ1n) is 24.2. The highest BCUT2D eigenvalue weighted by molar-refractivity contribution is 5.90. The third kappa shape index (κ3) is 19.5. The number of halogens is 1. The van der Waals surface area contributed by atoms with Crippen LogP contribution in [0.15, 0.2) is 115 Å². The van der Waals surface area contributed by atoms with Crippen molar-refractivity contribution in [1.82, 2.24) is 41.5 Å². The molecule has 73 heavy (non-hydrogen) atoms. The van der Waals surface area contributed by atoms with E-state index in [1.807, 2.05) is 30.3 Å². The molecule has 4 aromatic carbocycles. The number of hydrazine groups is 1. The molecular weight excluding hydrogens is 944 g/mol. The zero-order valence-electron chi connectivity index (χ0n) is 41.9. The molecule has 1 saturated heterocycles. The number of hydrogen-bond donors (Lipinski definition) is 5. The molecule has 20 heteroatoms. The number of nitrogens with zero attached hydrogens (tertiary/aromatic N) is 3. The van der Waals surface area contributed by atoms with Crippen molar-refractivity contribution >= 4 is 41.9 Å². The van der Waals surface area contributed by atoms with Crippen molar-refractivity contribution < 1.29 is 56.9 Å². The number of alkyl carbamates (subject to hydrolysis) is 1.